The van der Waals surface area contributed by atoms with Crippen LogP contribution >= 0.6 is 0 Å². The van der Waals surface area contributed by atoms with Gasteiger partial charge in [-0.15, -0.1) is 0 Å². The van der Waals surface area contributed by atoms with E-state index in [9.17, 15) is 9.59 Å². The van der Waals surface area contributed by atoms with Crippen molar-refractivity contribution in [2.45, 2.75) is 31.8 Å². The molecule has 1 aromatic heterocycles. The van der Waals surface area contributed by atoms with E-state index in [0.717, 1.165) is 57.7 Å². The molecule has 2 aliphatic heterocycles. The monoisotopic (exact) mass is 334 g/mol. The minimum atomic E-state index is -0.375. The van der Waals surface area contributed by atoms with E-state index in [4.69, 9.17) is 4.42 Å². The number of amides is 2. The maximum atomic E-state index is 12.2. The van der Waals surface area contributed by atoms with E-state index >= 15 is 0 Å². The molecule has 2 fully saturated rings. The minimum Gasteiger partial charge on any atom is -0.468 e. The van der Waals surface area contributed by atoms with Gasteiger partial charge < -0.3 is 15.1 Å². The van der Waals surface area contributed by atoms with Gasteiger partial charge in [-0.1, -0.05) is 0 Å². The van der Waals surface area contributed by atoms with E-state index in [-0.39, 0.29) is 17.9 Å². The van der Waals surface area contributed by atoms with E-state index < -0.39 is 0 Å². The average molecular weight is 334 g/mol. The Hall–Kier alpha value is -1.86. The highest BCUT2D eigenvalue weighted by atomic mass is 16.3. The van der Waals surface area contributed by atoms with Gasteiger partial charge in [-0.3, -0.25) is 19.4 Å². The smallest absolute Gasteiger partial charge is 0.242 e. The Labute approximate surface area is 142 Å². The van der Waals surface area contributed by atoms with Gasteiger partial charge in [0.2, 0.25) is 11.8 Å². The lowest BCUT2D eigenvalue weighted by molar-refractivity contribution is -0.129. The van der Waals surface area contributed by atoms with E-state index in [1.165, 1.54) is 0 Å². The summed E-state index contributed by atoms with van der Waals surface area (Å²) in [5.41, 5.74) is 0. The van der Waals surface area contributed by atoms with Gasteiger partial charge in [-0.25, -0.2) is 0 Å². The topological polar surface area (TPSA) is 77.8 Å². The van der Waals surface area contributed by atoms with Crippen LogP contribution in [0.15, 0.2) is 22.8 Å². The normalized spacial score (nSPS) is 23.5. The van der Waals surface area contributed by atoms with Gasteiger partial charge in [0, 0.05) is 32.7 Å². The first-order chi connectivity index (χ1) is 11.7. The number of hydrogen-bond acceptors (Lipinski definition) is 5. The first-order valence-corrected chi connectivity index (χ1v) is 8.75. The van der Waals surface area contributed by atoms with Crippen molar-refractivity contribution >= 4 is 11.8 Å². The van der Waals surface area contributed by atoms with Crippen molar-refractivity contribution < 1.29 is 14.0 Å². The zero-order valence-electron chi connectivity index (χ0n) is 14.0. The van der Waals surface area contributed by atoms with Crippen LogP contribution < -0.4 is 10.6 Å². The molecule has 0 bridgehead atoms. The molecule has 1 unspecified atom stereocenters. The van der Waals surface area contributed by atoms with E-state index in [2.05, 4.69) is 20.4 Å². The summed E-state index contributed by atoms with van der Waals surface area (Å²) in [5, 5.41) is 5.73. The Balaban J connectivity index is 1.39. The second-order valence-electron chi connectivity index (χ2n) is 6.54. The predicted octanol–water partition coefficient (Wildman–Crippen LogP) is 0.182. The number of piperazine rings is 1. The van der Waals surface area contributed by atoms with Gasteiger partial charge in [0.15, 0.2) is 0 Å². The van der Waals surface area contributed by atoms with Crippen LogP contribution in [0.2, 0.25) is 0 Å². The number of carbonyl (C=O) groups excluding carboxylic acids is 2. The quantitative estimate of drug-likeness (QED) is 0.803. The molecule has 2 aliphatic rings. The second-order valence-corrected chi connectivity index (χ2v) is 6.54. The molecule has 24 heavy (non-hydrogen) atoms. The number of furan rings is 1. The van der Waals surface area contributed by atoms with Crippen molar-refractivity contribution in [3.8, 4) is 0 Å². The molecule has 1 aromatic rings. The molecular weight excluding hydrogens is 308 g/mol. The summed E-state index contributed by atoms with van der Waals surface area (Å²) < 4.78 is 5.38. The Kier molecular flexibility index (Phi) is 5.87. The standard InChI is InChI=1S/C17H26N4O3/c22-16(19-15-5-1-2-6-18-17(15)23)13-21-9-7-20(8-10-21)12-14-4-3-11-24-14/h3-4,11,15H,1-2,5-10,12-13H2,(H,18,23)(H,19,22). The zero-order chi connectivity index (χ0) is 16.8. The third kappa shape index (κ3) is 4.82. The number of nitrogens with one attached hydrogen (secondary N) is 2. The fourth-order valence-corrected chi connectivity index (χ4v) is 3.25. The number of hydrogen-bond donors (Lipinski definition) is 2. The lowest BCUT2D eigenvalue weighted by atomic mass is 10.1. The molecule has 2 saturated heterocycles. The molecule has 0 radical (unpaired) electrons. The maximum Gasteiger partial charge on any atom is 0.242 e. The van der Waals surface area contributed by atoms with Crippen LogP contribution in [0.25, 0.3) is 0 Å². The van der Waals surface area contributed by atoms with Gasteiger partial charge in [-0.05, 0) is 31.4 Å². The number of nitrogens with zero attached hydrogens (tertiary/aromatic N) is 2. The van der Waals surface area contributed by atoms with Crippen LogP contribution in [0.3, 0.4) is 0 Å². The van der Waals surface area contributed by atoms with Gasteiger partial charge >= 0.3 is 0 Å². The Morgan fingerprint density at radius 2 is 2.04 bits per heavy atom. The maximum absolute atomic E-state index is 12.2. The minimum absolute atomic E-state index is 0.0517. The SMILES string of the molecule is O=C(CN1CCN(Cc2ccco2)CC1)NC1CCCCNC1=O. The molecule has 2 N–H and O–H groups in total. The van der Waals surface area contributed by atoms with Crippen LogP contribution in [0.4, 0.5) is 0 Å². The van der Waals surface area contributed by atoms with E-state index in [1.807, 2.05) is 12.1 Å². The van der Waals surface area contributed by atoms with Gasteiger partial charge in [0.25, 0.3) is 0 Å². The summed E-state index contributed by atoms with van der Waals surface area (Å²) in [6.45, 7) is 5.42. The van der Waals surface area contributed by atoms with Crippen LogP contribution in [0, 0.1) is 0 Å². The van der Waals surface area contributed by atoms with Crippen molar-refractivity contribution in [3.63, 3.8) is 0 Å². The van der Waals surface area contributed by atoms with Gasteiger partial charge in [-0.2, -0.15) is 0 Å². The van der Waals surface area contributed by atoms with Crippen molar-refractivity contribution in [2.75, 3.05) is 39.3 Å². The number of rotatable bonds is 5. The first-order valence-electron chi connectivity index (χ1n) is 8.75. The molecule has 7 heteroatoms. The molecule has 3 heterocycles. The average Bonchev–Trinajstić information content (AvgIpc) is 3.00. The van der Waals surface area contributed by atoms with Crippen molar-refractivity contribution in [1.29, 1.82) is 0 Å². The Morgan fingerprint density at radius 1 is 1.25 bits per heavy atom. The molecule has 0 aromatic carbocycles. The third-order valence-electron chi connectivity index (χ3n) is 4.66. The summed E-state index contributed by atoms with van der Waals surface area (Å²) in [7, 11) is 0. The van der Waals surface area contributed by atoms with Crippen LogP contribution in [-0.4, -0.2) is 66.9 Å². The van der Waals surface area contributed by atoms with Gasteiger partial charge in [0.1, 0.15) is 11.8 Å². The molecule has 3 rings (SSSR count). The summed E-state index contributed by atoms with van der Waals surface area (Å²) in [5.74, 6) is 0.862. The molecule has 0 aliphatic carbocycles. The number of carbonyl (C=O) groups is 2. The van der Waals surface area contributed by atoms with Crippen LogP contribution in [-0.2, 0) is 16.1 Å². The summed E-state index contributed by atoms with van der Waals surface area (Å²) in [6, 6.07) is 3.51. The highest BCUT2D eigenvalue weighted by molar-refractivity contribution is 5.88. The fraction of sp³-hybridized carbons (Fsp3) is 0.647. The predicted molar refractivity (Wildman–Crippen MR) is 89.2 cm³/mol. The van der Waals surface area contributed by atoms with Crippen molar-refractivity contribution in [3.05, 3.63) is 24.2 Å². The van der Waals surface area contributed by atoms with Crippen LogP contribution in [0.5, 0.6) is 0 Å². The summed E-state index contributed by atoms with van der Waals surface area (Å²) >= 11 is 0. The second kappa shape index (κ2) is 8.30. The lowest BCUT2D eigenvalue weighted by Crippen LogP contribution is -2.52. The molecule has 7 nitrogen and oxygen atoms in total. The third-order valence-corrected chi connectivity index (χ3v) is 4.66. The molecule has 0 saturated carbocycles. The van der Waals surface area contributed by atoms with Crippen LogP contribution in [0.1, 0.15) is 25.0 Å². The van der Waals surface area contributed by atoms with E-state index in [0.29, 0.717) is 13.1 Å². The first kappa shape index (κ1) is 17.0. The largest absolute Gasteiger partial charge is 0.468 e. The van der Waals surface area contributed by atoms with Crippen molar-refractivity contribution in [2.24, 2.45) is 0 Å². The molecular formula is C17H26N4O3. The molecule has 0 spiro atoms. The van der Waals surface area contributed by atoms with Crippen molar-refractivity contribution in [1.82, 2.24) is 20.4 Å². The summed E-state index contributed by atoms with van der Waals surface area (Å²) in [6.07, 6.45) is 4.37. The fourth-order valence-electron chi connectivity index (χ4n) is 3.25. The molecule has 132 valence electrons. The van der Waals surface area contributed by atoms with E-state index in [1.54, 1.807) is 6.26 Å². The lowest BCUT2D eigenvalue weighted by Gasteiger charge is -2.34. The Bertz CT molecular complexity index is 538. The summed E-state index contributed by atoms with van der Waals surface area (Å²) in [4.78, 5) is 28.6. The van der Waals surface area contributed by atoms with Gasteiger partial charge in [0.05, 0.1) is 19.4 Å². The zero-order valence-corrected chi connectivity index (χ0v) is 14.0. The highest BCUT2D eigenvalue weighted by Crippen LogP contribution is 2.09. The highest BCUT2D eigenvalue weighted by Gasteiger charge is 2.24. The molecule has 1 atom stereocenters. The molecule has 2 amide bonds. The Morgan fingerprint density at radius 3 is 2.79 bits per heavy atom.